The molecule has 0 aromatic heterocycles. The molecule has 1 aliphatic rings. The smallest absolute Gasteiger partial charge is 0.417 e. The molecule has 2 aromatic carbocycles. The second-order valence-electron chi connectivity index (χ2n) is 6.81. The maximum atomic E-state index is 13.4. The monoisotopic (exact) mass is 431 g/mol. The van der Waals surface area contributed by atoms with Crippen LogP contribution in [0, 0.1) is 5.92 Å². The van der Waals surface area contributed by atoms with Crippen LogP contribution in [0.3, 0.4) is 0 Å². The minimum atomic E-state index is -4.57. The molecule has 3 rings (SSSR count). The summed E-state index contributed by atoms with van der Waals surface area (Å²) in [4.78, 5) is 13.2. The van der Waals surface area contributed by atoms with Gasteiger partial charge in [0, 0.05) is 5.02 Å². The van der Waals surface area contributed by atoms with Crippen LogP contribution in [0.2, 0.25) is 10.0 Å². The number of likely N-dealkylation sites (tertiary alicyclic amines) is 1. The number of carboxylic acids is 1. The SMILES string of the molecule is O=C(O)C1CCN(C(c2ccc(Cl)c(C(F)(F)F)c2)c2ccccc2Cl)CC1. The van der Waals surface area contributed by atoms with Crippen molar-refractivity contribution in [3.8, 4) is 0 Å². The number of aliphatic carboxylic acids is 1. The molecule has 1 atom stereocenters. The van der Waals surface area contributed by atoms with Crippen LogP contribution < -0.4 is 0 Å². The molecule has 2 aromatic rings. The highest BCUT2D eigenvalue weighted by molar-refractivity contribution is 6.31. The average molecular weight is 432 g/mol. The van der Waals surface area contributed by atoms with Crippen molar-refractivity contribution >= 4 is 29.2 Å². The zero-order valence-corrected chi connectivity index (χ0v) is 16.2. The van der Waals surface area contributed by atoms with Gasteiger partial charge in [0.1, 0.15) is 0 Å². The van der Waals surface area contributed by atoms with Gasteiger partial charge in [-0.05, 0) is 55.3 Å². The Morgan fingerprint density at radius 3 is 2.29 bits per heavy atom. The van der Waals surface area contributed by atoms with E-state index in [1.54, 1.807) is 30.3 Å². The van der Waals surface area contributed by atoms with Gasteiger partial charge in [0.25, 0.3) is 0 Å². The van der Waals surface area contributed by atoms with Gasteiger partial charge >= 0.3 is 12.1 Å². The quantitative estimate of drug-likeness (QED) is 0.654. The fraction of sp³-hybridized carbons (Fsp3) is 0.350. The molecule has 0 bridgehead atoms. The Labute approximate surface area is 170 Å². The number of halogens is 5. The van der Waals surface area contributed by atoms with E-state index in [0.717, 1.165) is 6.07 Å². The normalized spacial score (nSPS) is 17.5. The van der Waals surface area contributed by atoms with E-state index in [1.165, 1.54) is 6.07 Å². The number of alkyl halides is 3. The van der Waals surface area contributed by atoms with Gasteiger partial charge in [0.15, 0.2) is 0 Å². The third-order valence-electron chi connectivity index (χ3n) is 5.06. The molecule has 1 saturated heterocycles. The van der Waals surface area contributed by atoms with E-state index in [1.807, 2.05) is 4.90 Å². The van der Waals surface area contributed by atoms with E-state index in [2.05, 4.69) is 0 Å². The summed E-state index contributed by atoms with van der Waals surface area (Å²) in [6, 6.07) is 10.3. The second-order valence-corrected chi connectivity index (χ2v) is 7.62. The zero-order valence-electron chi connectivity index (χ0n) is 14.7. The Morgan fingerprint density at radius 2 is 1.71 bits per heavy atom. The summed E-state index contributed by atoms with van der Waals surface area (Å²) < 4.78 is 40.1. The third kappa shape index (κ3) is 4.45. The van der Waals surface area contributed by atoms with Crippen molar-refractivity contribution in [3.05, 3.63) is 69.2 Å². The van der Waals surface area contributed by atoms with Crippen LogP contribution in [0.15, 0.2) is 42.5 Å². The van der Waals surface area contributed by atoms with Crippen molar-refractivity contribution < 1.29 is 23.1 Å². The first-order valence-corrected chi connectivity index (χ1v) is 9.52. The largest absolute Gasteiger partial charge is 0.481 e. The van der Waals surface area contributed by atoms with Crippen molar-refractivity contribution in [2.75, 3.05) is 13.1 Å². The zero-order chi connectivity index (χ0) is 20.5. The summed E-state index contributed by atoms with van der Waals surface area (Å²) >= 11 is 12.1. The standard InChI is InChI=1S/C20H18Cl2F3NO2/c21-16-4-2-1-3-14(16)18(26-9-7-12(8-10-26)19(27)28)13-5-6-17(22)15(11-13)20(23,24)25/h1-6,11-12,18H,7-10H2,(H,27,28). The minimum Gasteiger partial charge on any atom is -0.481 e. The Kier molecular flexibility index (Phi) is 6.22. The maximum Gasteiger partial charge on any atom is 0.417 e. The van der Waals surface area contributed by atoms with E-state index >= 15 is 0 Å². The second kappa shape index (κ2) is 8.31. The summed E-state index contributed by atoms with van der Waals surface area (Å²) in [5.74, 6) is -1.29. The van der Waals surface area contributed by atoms with Crippen molar-refractivity contribution in [1.82, 2.24) is 4.90 Å². The molecular formula is C20H18Cl2F3NO2. The Hall–Kier alpha value is -1.76. The lowest BCUT2D eigenvalue weighted by atomic mass is 9.90. The van der Waals surface area contributed by atoms with Crippen LogP contribution in [0.5, 0.6) is 0 Å². The lowest BCUT2D eigenvalue weighted by Gasteiger charge is -2.37. The molecule has 0 saturated carbocycles. The van der Waals surface area contributed by atoms with Crippen molar-refractivity contribution in [1.29, 1.82) is 0 Å². The fourth-order valence-electron chi connectivity index (χ4n) is 3.62. The lowest BCUT2D eigenvalue weighted by molar-refractivity contribution is -0.143. The highest BCUT2D eigenvalue weighted by atomic mass is 35.5. The van der Waals surface area contributed by atoms with E-state index in [-0.39, 0.29) is 5.02 Å². The molecular weight excluding hydrogens is 414 g/mol. The number of carbonyl (C=O) groups is 1. The molecule has 1 N–H and O–H groups in total. The molecule has 1 fully saturated rings. The van der Waals surface area contributed by atoms with Gasteiger partial charge in [-0.2, -0.15) is 13.2 Å². The van der Waals surface area contributed by atoms with Gasteiger partial charge < -0.3 is 5.11 Å². The van der Waals surface area contributed by atoms with Crippen molar-refractivity contribution in [2.24, 2.45) is 5.92 Å². The molecule has 0 spiro atoms. The molecule has 8 heteroatoms. The van der Waals surface area contributed by atoms with Gasteiger partial charge in [-0.3, -0.25) is 9.69 Å². The first-order chi connectivity index (χ1) is 13.2. The van der Waals surface area contributed by atoms with E-state index in [4.69, 9.17) is 23.2 Å². The van der Waals surface area contributed by atoms with Crippen molar-refractivity contribution in [3.63, 3.8) is 0 Å². The molecule has 3 nitrogen and oxygen atoms in total. The topological polar surface area (TPSA) is 40.5 Å². The Morgan fingerprint density at radius 1 is 1.07 bits per heavy atom. The highest BCUT2D eigenvalue weighted by Crippen LogP contribution is 2.40. The Balaban J connectivity index is 2.04. The van der Waals surface area contributed by atoms with Gasteiger partial charge in [-0.1, -0.05) is 47.5 Å². The average Bonchev–Trinajstić information content (AvgIpc) is 2.64. The van der Waals surface area contributed by atoms with Crippen LogP contribution in [0.1, 0.15) is 35.6 Å². The number of benzene rings is 2. The van der Waals surface area contributed by atoms with Gasteiger partial charge in [0.05, 0.1) is 22.5 Å². The van der Waals surface area contributed by atoms with Crippen LogP contribution >= 0.6 is 23.2 Å². The summed E-state index contributed by atoms with van der Waals surface area (Å²) in [5, 5.41) is 9.30. The van der Waals surface area contributed by atoms with Gasteiger partial charge in [-0.25, -0.2) is 0 Å². The molecule has 0 radical (unpaired) electrons. The molecule has 0 aliphatic carbocycles. The number of piperidine rings is 1. The Bertz CT molecular complexity index is 865. The third-order valence-corrected chi connectivity index (χ3v) is 5.73. The molecule has 1 aliphatic heterocycles. The van der Waals surface area contributed by atoms with Crippen LogP contribution in [-0.2, 0) is 11.0 Å². The van der Waals surface area contributed by atoms with Crippen molar-refractivity contribution in [2.45, 2.75) is 25.1 Å². The summed E-state index contributed by atoms with van der Waals surface area (Å²) in [5.41, 5.74) is 0.191. The van der Waals surface area contributed by atoms with E-state index in [9.17, 15) is 23.1 Å². The predicted octanol–water partition coefficient (Wildman–Crippen LogP) is 5.90. The maximum absolute atomic E-state index is 13.4. The molecule has 1 heterocycles. The number of rotatable bonds is 4. The van der Waals surface area contributed by atoms with Gasteiger partial charge in [0.2, 0.25) is 0 Å². The van der Waals surface area contributed by atoms with E-state index in [0.29, 0.717) is 42.1 Å². The molecule has 28 heavy (non-hydrogen) atoms. The highest BCUT2D eigenvalue weighted by Gasteiger charge is 2.36. The van der Waals surface area contributed by atoms with E-state index < -0.39 is 29.7 Å². The lowest BCUT2D eigenvalue weighted by Crippen LogP contribution is -2.39. The summed E-state index contributed by atoms with van der Waals surface area (Å²) in [7, 11) is 0. The van der Waals surface area contributed by atoms with Gasteiger partial charge in [-0.15, -0.1) is 0 Å². The number of carboxylic acid groups (broad SMARTS) is 1. The molecule has 0 amide bonds. The summed E-state index contributed by atoms with van der Waals surface area (Å²) in [6.07, 6.45) is -3.72. The fourth-order valence-corrected chi connectivity index (χ4v) is 4.08. The van der Waals surface area contributed by atoms with Crippen LogP contribution in [0.4, 0.5) is 13.2 Å². The molecule has 1 unspecified atom stereocenters. The predicted molar refractivity (Wildman–Crippen MR) is 102 cm³/mol. The first-order valence-electron chi connectivity index (χ1n) is 8.76. The number of hydrogen-bond donors (Lipinski definition) is 1. The number of nitrogens with zero attached hydrogens (tertiary/aromatic N) is 1. The minimum absolute atomic E-state index is 0.362. The van der Waals surface area contributed by atoms with Crippen LogP contribution in [0.25, 0.3) is 0 Å². The molecule has 150 valence electrons. The number of hydrogen-bond acceptors (Lipinski definition) is 2. The van der Waals surface area contributed by atoms with Crippen LogP contribution in [-0.4, -0.2) is 29.1 Å². The summed E-state index contributed by atoms with van der Waals surface area (Å²) in [6.45, 7) is 0.883. The first kappa shape index (κ1) is 21.0.